The summed E-state index contributed by atoms with van der Waals surface area (Å²) in [4.78, 5) is 8.84. The fourth-order valence-corrected chi connectivity index (χ4v) is 2.75. The minimum Gasteiger partial charge on any atom is -0.348 e. The van der Waals surface area contributed by atoms with E-state index >= 15 is 0 Å². The summed E-state index contributed by atoms with van der Waals surface area (Å²) < 4.78 is 0. The van der Waals surface area contributed by atoms with Crippen molar-refractivity contribution >= 4 is 11.3 Å². The third-order valence-electron chi connectivity index (χ3n) is 2.91. The number of hydrogen-bond acceptors (Lipinski definition) is 3. The lowest BCUT2D eigenvalue weighted by Crippen LogP contribution is -2.20. The number of thiophene rings is 1. The maximum absolute atomic E-state index is 4.31. The molecular formula is C13H19N3S. The zero-order valence-corrected chi connectivity index (χ0v) is 11.2. The van der Waals surface area contributed by atoms with Crippen molar-refractivity contribution in [1.29, 1.82) is 0 Å². The van der Waals surface area contributed by atoms with Crippen LogP contribution in [0, 0.1) is 6.92 Å². The lowest BCUT2D eigenvalue weighted by molar-refractivity contribution is 0.496. The summed E-state index contributed by atoms with van der Waals surface area (Å²) in [7, 11) is 0. The Morgan fingerprint density at radius 3 is 3.00 bits per heavy atom. The maximum atomic E-state index is 4.31. The van der Waals surface area contributed by atoms with Crippen LogP contribution in [0.5, 0.6) is 0 Å². The average Bonchev–Trinajstić information content (AvgIpc) is 2.96. The summed E-state index contributed by atoms with van der Waals surface area (Å²) in [5.74, 6) is 0. The molecule has 0 saturated carbocycles. The van der Waals surface area contributed by atoms with Crippen molar-refractivity contribution in [2.24, 2.45) is 0 Å². The van der Waals surface area contributed by atoms with Gasteiger partial charge in [0.2, 0.25) is 0 Å². The zero-order chi connectivity index (χ0) is 12.1. The molecule has 0 fully saturated rings. The number of H-pyrrole nitrogens is 1. The van der Waals surface area contributed by atoms with Gasteiger partial charge in [0.05, 0.1) is 12.0 Å². The van der Waals surface area contributed by atoms with Crippen molar-refractivity contribution in [1.82, 2.24) is 15.3 Å². The number of aryl methyl sites for hydroxylation is 1. The van der Waals surface area contributed by atoms with Crippen LogP contribution in [-0.2, 0) is 6.54 Å². The van der Waals surface area contributed by atoms with Crippen LogP contribution >= 0.6 is 11.3 Å². The second kappa shape index (κ2) is 5.98. The Labute approximate surface area is 106 Å². The minimum atomic E-state index is 0.455. The third kappa shape index (κ3) is 3.17. The molecule has 2 rings (SSSR count). The minimum absolute atomic E-state index is 0.455. The summed E-state index contributed by atoms with van der Waals surface area (Å²) in [6.07, 6.45) is 4.12. The van der Waals surface area contributed by atoms with Gasteiger partial charge in [-0.25, -0.2) is 4.98 Å². The number of hydrogen-bond donors (Lipinski definition) is 2. The Morgan fingerprint density at radius 2 is 2.41 bits per heavy atom. The van der Waals surface area contributed by atoms with Gasteiger partial charge >= 0.3 is 0 Å². The van der Waals surface area contributed by atoms with Gasteiger partial charge in [0.15, 0.2) is 0 Å². The van der Waals surface area contributed by atoms with Gasteiger partial charge in [0.25, 0.3) is 0 Å². The number of aromatic amines is 1. The number of nitrogens with zero attached hydrogens (tertiary/aromatic N) is 1. The highest BCUT2D eigenvalue weighted by molar-refractivity contribution is 7.10. The number of nitrogens with one attached hydrogen (secondary N) is 2. The smallest absolute Gasteiger partial charge is 0.0925 e. The van der Waals surface area contributed by atoms with Crippen molar-refractivity contribution in [2.75, 3.05) is 0 Å². The zero-order valence-electron chi connectivity index (χ0n) is 10.4. The first-order valence-corrected chi connectivity index (χ1v) is 6.95. The van der Waals surface area contributed by atoms with Crippen LogP contribution in [0.4, 0.5) is 0 Å². The molecule has 3 nitrogen and oxygen atoms in total. The first-order valence-electron chi connectivity index (χ1n) is 6.07. The largest absolute Gasteiger partial charge is 0.348 e. The van der Waals surface area contributed by atoms with Crippen molar-refractivity contribution < 1.29 is 0 Å². The van der Waals surface area contributed by atoms with Gasteiger partial charge in [-0.3, -0.25) is 0 Å². The van der Waals surface area contributed by atoms with Crippen molar-refractivity contribution in [3.8, 4) is 0 Å². The predicted molar refractivity (Wildman–Crippen MR) is 72.1 cm³/mol. The van der Waals surface area contributed by atoms with Gasteiger partial charge in [0, 0.05) is 23.2 Å². The van der Waals surface area contributed by atoms with Crippen LogP contribution in [0.3, 0.4) is 0 Å². The van der Waals surface area contributed by atoms with E-state index in [4.69, 9.17) is 0 Å². The molecule has 0 aromatic carbocycles. The van der Waals surface area contributed by atoms with Gasteiger partial charge in [-0.15, -0.1) is 11.3 Å². The molecule has 0 spiro atoms. The van der Waals surface area contributed by atoms with E-state index in [0.29, 0.717) is 6.04 Å². The van der Waals surface area contributed by atoms with E-state index < -0.39 is 0 Å². The van der Waals surface area contributed by atoms with Gasteiger partial charge < -0.3 is 10.3 Å². The first-order chi connectivity index (χ1) is 8.31. The standard InChI is InChI=1S/C13H19N3S/c1-3-5-11(13-6-4-7-17-13)14-8-12-10(2)15-9-16-12/h4,6-7,9,11,14H,3,5,8H2,1-2H3,(H,15,16). The van der Waals surface area contributed by atoms with Gasteiger partial charge in [0.1, 0.15) is 0 Å². The van der Waals surface area contributed by atoms with Gasteiger partial charge in [-0.1, -0.05) is 19.4 Å². The first kappa shape index (κ1) is 12.3. The SMILES string of the molecule is CCCC(NCc1nc[nH]c1C)c1cccs1. The molecule has 92 valence electrons. The summed E-state index contributed by atoms with van der Waals surface area (Å²) >= 11 is 1.82. The summed E-state index contributed by atoms with van der Waals surface area (Å²) in [5, 5.41) is 5.73. The molecule has 0 aliphatic rings. The van der Waals surface area contributed by atoms with Crippen LogP contribution < -0.4 is 5.32 Å². The summed E-state index contributed by atoms with van der Waals surface area (Å²) in [6.45, 7) is 5.12. The average molecular weight is 249 g/mol. The number of aromatic nitrogens is 2. The Hall–Kier alpha value is -1.13. The Bertz CT molecular complexity index is 433. The molecule has 0 saturated heterocycles. The molecule has 0 bridgehead atoms. The summed E-state index contributed by atoms with van der Waals surface area (Å²) in [6, 6.07) is 4.77. The molecule has 2 heterocycles. The van der Waals surface area contributed by atoms with Gasteiger partial charge in [-0.2, -0.15) is 0 Å². The van der Waals surface area contributed by atoms with Crippen LogP contribution in [0.25, 0.3) is 0 Å². The predicted octanol–water partition coefficient (Wildman–Crippen LogP) is 3.41. The summed E-state index contributed by atoms with van der Waals surface area (Å²) in [5.41, 5.74) is 2.27. The quantitative estimate of drug-likeness (QED) is 0.823. The molecular weight excluding hydrogens is 230 g/mol. The van der Waals surface area contributed by atoms with Gasteiger partial charge in [-0.05, 0) is 24.8 Å². The molecule has 0 amide bonds. The second-order valence-corrected chi connectivity index (χ2v) is 5.19. The van der Waals surface area contributed by atoms with E-state index in [2.05, 4.69) is 46.6 Å². The van der Waals surface area contributed by atoms with Crippen LogP contribution in [0.2, 0.25) is 0 Å². The van der Waals surface area contributed by atoms with E-state index in [9.17, 15) is 0 Å². The fraction of sp³-hybridized carbons (Fsp3) is 0.462. The lowest BCUT2D eigenvalue weighted by atomic mass is 10.1. The van der Waals surface area contributed by atoms with Crippen LogP contribution in [-0.4, -0.2) is 9.97 Å². The molecule has 0 radical (unpaired) electrons. The van der Waals surface area contributed by atoms with E-state index in [1.165, 1.54) is 17.7 Å². The molecule has 1 atom stereocenters. The maximum Gasteiger partial charge on any atom is 0.0925 e. The Kier molecular flexibility index (Phi) is 4.34. The third-order valence-corrected chi connectivity index (χ3v) is 3.90. The highest BCUT2D eigenvalue weighted by Crippen LogP contribution is 2.23. The van der Waals surface area contributed by atoms with E-state index in [-0.39, 0.29) is 0 Å². The number of imidazole rings is 1. The van der Waals surface area contributed by atoms with E-state index in [1.807, 2.05) is 11.3 Å². The number of rotatable bonds is 6. The molecule has 0 aliphatic carbocycles. The lowest BCUT2D eigenvalue weighted by Gasteiger charge is -2.16. The molecule has 2 aromatic rings. The van der Waals surface area contributed by atoms with E-state index in [1.54, 1.807) is 6.33 Å². The Morgan fingerprint density at radius 1 is 1.53 bits per heavy atom. The molecule has 0 aliphatic heterocycles. The molecule has 2 aromatic heterocycles. The molecule has 2 N–H and O–H groups in total. The van der Waals surface area contributed by atoms with Crippen molar-refractivity contribution in [2.45, 2.75) is 39.3 Å². The fourth-order valence-electron chi connectivity index (χ4n) is 1.91. The molecule has 17 heavy (non-hydrogen) atoms. The van der Waals surface area contributed by atoms with Crippen LogP contribution in [0.15, 0.2) is 23.8 Å². The molecule has 4 heteroatoms. The monoisotopic (exact) mass is 249 g/mol. The Balaban J connectivity index is 1.97. The van der Waals surface area contributed by atoms with Crippen LogP contribution in [0.1, 0.15) is 42.1 Å². The second-order valence-electron chi connectivity index (χ2n) is 4.21. The van der Waals surface area contributed by atoms with Crippen molar-refractivity contribution in [3.63, 3.8) is 0 Å². The highest BCUT2D eigenvalue weighted by Gasteiger charge is 2.12. The normalized spacial score (nSPS) is 12.8. The topological polar surface area (TPSA) is 40.7 Å². The van der Waals surface area contributed by atoms with E-state index in [0.717, 1.165) is 17.9 Å². The van der Waals surface area contributed by atoms with Crippen molar-refractivity contribution in [3.05, 3.63) is 40.1 Å². The molecule has 1 unspecified atom stereocenters. The highest BCUT2D eigenvalue weighted by atomic mass is 32.1.